The highest BCUT2D eigenvalue weighted by Gasteiger charge is 2.40. The number of aromatic carboxylic acids is 1. The SMILES string of the molecule is O=C(O)c1ccccc1C(=O)Nc1ccc(S[C@H]2CC(=O)N(c3ccccc3)C2=O)cc1. The molecule has 2 N–H and O–H groups in total. The first-order valence-corrected chi connectivity index (χ1v) is 10.6. The Balaban J connectivity index is 1.43. The van der Waals surface area contributed by atoms with Crippen LogP contribution >= 0.6 is 11.8 Å². The lowest BCUT2D eigenvalue weighted by Crippen LogP contribution is -2.30. The average Bonchev–Trinajstić information content (AvgIpc) is 3.08. The van der Waals surface area contributed by atoms with Gasteiger partial charge in [0.1, 0.15) is 0 Å². The number of amides is 3. The van der Waals surface area contributed by atoms with Gasteiger partial charge >= 0.3 is 5.97 Å². The van der Waals surface area contributed by atoms with E-state index in [1.807, 2.05) is 6.07 Å². The molecular formula is C24H18N2O5S. The van der Waals surface area contributed by atoms with Crippen molar-refractivity contribution in [3.05, 3.63) is 90.0 Å². The fraction of sp³-hybridized carbons (Fsp3) is 0.0833. The van der Waals surface area contributed by atoms with Crippen molar-refractivity contribution in [2.75, 3.05) is 10.2 Å². The molecule has 160 valence electrons. The Kier molecular flexibility index (Phi) is 6.04. The van der Waals surface area contributed by atoms with Crippen LogP contribution < -0.4 is 10.2 Å². The number of imide groups is 1. The van der Waals surface area contributed by atoms with Gasteiger partial charge in [-0.05, 0) is 48.5 Å². The molecule has 0 saturated carbocycles. The number of para-hydroxylation sites is 1. The first kappa shape index (κ1) is 21.3. The van der Waals surface area contributed by atoms with Gasteiger partial charge in [-0.1, -0.05) is 30.3 Å². The number of nitrogens with zero attached hydrogens (tertiary/aromatic N) is 1. The minimum absolute atomic E-state index is 0.0644. The Hall–Kier alpha value is -3.91. The first-order valence-electron chi connectivity index (χ1n) is 9.76. The normalized spacial score (nSPS) is 15.6. The number of rotatable bonds is 6. The van der Waals surface area contributed by atoms with Crippen LogP contribution in [-0.4, -0.2) is 34.0 Å². The lowest BCUT2D eigenvalue weighted by atomic mass is 10.1. The fourth-order valence-corrected chi connectivity index (χ4v) is 4.45. The van der Waals surface area contributed by atoms with Crippen molar-refractivity contribution >= 4 is 46.8 Å². The number of carbonyl (C=O) groups is 4. The van der Waals surface area contributed by atoms with Crippen LogP contribution in [0.5, 0.6) is 0 Å². The summed E-state index contributed by atoms with van der Waals surface area (Å²) in [6, 6.07) is 21.6. The zero-order valence-corrected chi connectivity index (χ0v) is 17.5. The Morgan fingerprint density at radius 3 is 2.16 bits per heavy atom. The molecule has 0 bridgehead atoms. The van der Waals surface area contributed by atoms with Crippen molar-refractivity contribution in [3.63, 3.8) is 0 Å². The molecule has 1 aliphatic heterocycles. The van der Waals surface area contributed by atoms with Crippen molar-refractivity contribution in [1.82, 2.24) is 0 Å². The topological polar surface area (TPSA) is 104 Å². The zero-order valence-electron chi connectivity index (χ0n) is 16.7. The van der Waals surface area contributed by atoms with Gasteiger partial charge in [0.25, 0.3) is 5.91 Å². The summed E-state index contributed by atoms with van der Waals surface area (Å²) >= 11 is 1.29. The highest BCUT2D eigenvalue weighted by molar-refractivity contribution is 8.00. The number of thioether (sulfide) groups is 1. The quantitative estimate of drug-likeness (QED) is 0.554. The molecule has 1 aliphatic rings. The number of hydrogen-bond donors (Lipinski definition) is 2. The molecule has 0 spiro atoms. The van der Waals surface area contributed by atoms with Crippen LogP contribution in [0.25, 0.3) is 0 Å². The highest BCUT2D eigenvalue weighted by Crippen LogP contribution is 2.34. The van der Waals surface area contributed by atoms with Crippen LogP contribution in [0.15, 0.2) is 83.8 Å². The summed E-state index contributed by atoms with van der Waals surface area (Å²) in [5.74, 6) is -2.20. The second-order valence-corrected chi connectivity index (χ2v) is 8.32. The molecule has 3 aromatic rings. The van der Waals surface area contributed by atoms with Crippen LogP contribution in [0.2, 0.25) is 0 Å². The molecule has 3 aromatic carbocycles. The van der Waals surface area contributed by atoms with Gasteiger partial charge in [0.2, 0.25) is 11.8 Å². The van der Waals surface area contributed by atoms with E-state index >= 15 is 0 Å². The summed E-state index contributed by atoms with van der Waals surface area (Å²) in [7, 11) is 0. The molecule has 32 heavy (non-hydrogen) atoms. The van der Waals surface area contributed by atoms with Crippen molar-refractivity contribution in [2.24, 2.45) is 0 Å². The molecule has 0 aromatic heterocycles. The predicted molar refractivity (Wildman–Crippen MR) is 121 cm³/mol. The number of nitrogens with one attached hydrogen (secondary N) is 1. The fourth-order valence-electron chi connectivity index (χ4n) is 3.39. The van der Waals surface area contributed by atoms with Crippen molar-refractivity contribution in [2.45, 2.75) is 16.6 Å². The van der Waals surface area contributed by atoms with Gasteiger partial charge < -0.3 is 10.4 Å². The molecule has 3 amide bonds. The van der Waals surface area contributed by atoms with Gasteiger partial charge in [-0.2, -0.15) is 0 Å². The molecule has 4 rings (SSSR count). The van der Waals surface area contributed by atoms with Gasteiger partial charge in [0.05, 0.1) is 22.1 Å². The number of carboxylic acids is 1. The number of anilines is 2. The minimum atomic E-state index is -1.18. The number of carbonyl (C=O) groups excluding carboxylic acids is 3. The van der Waals surface area contributed by atoms with Crippen LogP contribution in [-0.2, 0) is 9.59 Å². The van der Waals surface area contributed by atoms with E-state index in [0.717, 1.165) is 4.90 Å². The Bertz CT molecular complexity index is 1190. The van der Waals surface area contributed by atoms with E-state index < -0.39 is 17.1 Å². The third-order valence-electron chi connectivity index (χ3n) is 4.91. The Morgan fingerprint density at radius 1 is 0.875 bits per heavy atom. The molecule has 1 fully saturated rings. The summed E-state index contributed by atoms with van der Waals surface area (Å²) in [4.78, 5) is 50.9. The third kappa shape index (κ3) is 4.40. The zero-order chi connectivity index (χ0) is 22.7. The van der Waals surface area contributed by atoms with E-state index in [4.69, 9.17) is 0 Å². The van der Waals surface area contributed by atoms with E-state index in [1.54, 1.807) is 60.7 Å². The maximum atomic E-state index is 12.8. The molecule has 0 unspecified atom stereocenters. The molecule has 1 heterocycles. The van der Waals surface area contributed by atoms with Crippen molar-refractivity contribution in [1.29, 1.82) is 0 Å². The van der Waals surface area contributed by atoms with E-state index in [2.05, 4.69) is 5.32 Å². The van der Waals surface area contributed by atoms with Gasteiger partial charge in [0, 0.05) is 17.0 Å². The Morgan fingerprint density at radius 2 is 1.50 bits per heavy atom. The number of hydrogen-bond acceptors (Lipinski definition) is 5. The highest BCUT2D eigenvalue weighted by atomic mass is 32.2. The van der Waals surface area contributed by atoms with Crippen LogP contribution in [0, 0.1) is 0 Å². The van der Waals surface area contributed by atoms with Gasteiger partial charge in [-0.3, -0.25) is 14.4 Å². The molecule has 8 heteroatoms. The monoisotopic (exact) mass is 446 g/mol. The van der Waals surface area contributed by atoms with Gasteiger partial charge in [0.15, 0.2) is 0 Å². The molecule has 1 saturated heterocycles. The second kappa shape index (κ2) is 9.07. The second-order valence-electron chi connectivity index (χ2n) is 7.04. The molecule has 7 nitrogen and oxygen atoms in total. The lowest BCUT2D eigenvalue weighted by molar-refractivity contribution is -0.121. The lowest BCUT2D eigenvalue weighted by Gasteiger charge is -2.14. The maximum absolute atomic E-state index is 12.8. The first-order chi connectivity index (χ1) is 15.4. The van der Waals surface area contributed by atoms with Crippen molar-refractivity contribution in [3.8, 4) is 0 Å². The van der Waals surface area contributed by atoms with Gasteiger partial charge in [-0.25, -0.2) is 9.69 Å². The molecule has 0 radical (unpaired) electrons. The molecular weight excluding hydrogens is 428 g/mol. The van der Waals surface area contributed by atoms with Crippen LogP contribution in [0.4, 0.5) is 11.4 Å². The summed E-state index contributed by atoms with van der Waals surface area (Å²) in [5.41, 5.74) is 1.03. The minimum Gasteiger partial charge on any atom is -0.478 e. The molecule has 0 aliphatic carbocycles. The maximum Gasteiger partial charge on any atom is 0.336 e. The van der Waals surface area contributed by atoms with Gasteiger partial charge in [-0.15, -0.1) is 11.8 Å². The Labute approximate surface area is 188 Å². The number of benzene rings is 3. The van der Waals surface area contributed by atoms with Crippen LogP contribution in [0.3, 0.4) is 0 Å². The summed E-state index contributed by atoms with van der Waals surface area (Å²) in [6.45, 7) is 0. The van der Waals surface area contributed by atoms with E-state index in [9.17, 15) is 24.3 Å². The van der Waals surface area contributed by atoms with Crippen molar-refractivity contribution < 1.29 is 24.3 Å². The van der Waals surface area contributed by atoms with Crippen LogP contribution in [0.1, 0.15) is 27.1 Å². The largest absolute Gasteiger partial charge is 0.478 e. The van der Waals surface area contributed by atoms with E-state index in [1.165, 1.54) is 28.8 Å². The van der Waals surface area contributed by atoms with E-state index in [0.29, 0.717) is 11.4 Å². The molecule has 1 atom stereocenters. The smallest absolute Gasteiger partial charge is 0.336 e. The van der Waals surface area contributed by atoms with E-state index in [-0.39, 0.29) is 29.4 Å². The summed E-state index contributed by atoms with van der Waals surface area (Å²) in [6.07, 6.45) is 0.114. The predicted octanol–water partition coefficient (Wildman–Crippen LogP) is 4.06. The average molecular weight is 446 g/mol. The number of carboxylic acid groups (broad SMARTS) is 1. The standard InChI is InChI=1S/C24H18N2O5S/c27-21-14-20(23(29)26(21)16-6-2-1-3-7-16)32-17-12-10-15(11-13-17)25-22(28)18-8-4-5-9-19(18)24(30)31/h1-13,20H,14H2,(H,25,28)(H,30,31)/t20-/m0/s1. The third-order valence-corrected chi connectivity index (χ3v) is 6.11. The summed E-state index contributed by atoms with van der Waals surface area (Å²) in [5, 5.41) is 11.4. The summed E-state index contributed by atoms with van der Waals surface area (Å²) < 4.78 is 0.